The third-order valence-corrected chi connectivity index (χ3v) is 5.12. The Balaban J connectivity index is 1.67. The molecule has 0 aliphatic carbocycles. The molecule has 0 aliphatic heterocycles. The van der Waals surface area contributed by atoms with Gasteiger partial charge in [0.1, 0.15) is 5.75 Å². The van der Waals surface area contributed by atoms with Crippen molar-refractivity contribution in [1.29, 1.82) is 5.26 Å². The number of ketones is 1. The molecular formula is C21H20N4O2S. The Morgan fingerprint density at radius 1 is 1.18 bits per heavy atom. The highest BCUT2D eigenvalue weighted by Gasteiger charge is 2.19. The van der Waals surface area contributed by atoms with E-state index in [-0.39, 0.29) is 17.6 Å². The molecule has 0 fully saturated rings. The number of Topliss-reactive ketones (excluding diaryl/α,β-unsaturated/α-hetero) is 1. The largest absolute Gasteiger partial charge is 0.483 e. The number of benzene rings is 2. The van der Waals surface area contributed by atoms with Gasteiger partial charge in [-0.1, -0.05) is 42.1 Å². The molecule has 0 spiro atoms. The maximum absolute atomic E-state index is 12.4. The molecule has 6 nitrogen and oxygen atoms in total. The number of ether oxygens (including phenoxy) is 1. The van der Waals surface area contributed by atoms with Gasteiger partial charge in [-0.05, 0) is 38.1 Å². The molecular weight excluding hydrogens is 372 g/mol. The van der Waals surface area contributed by atoms with Crippen molar-refractivity contribution < 1.29 is 9.53 Å². The number of thioether (sulfide) groups is 1. The number of hydrogen-bond acceptors (Lipinski definition) is 6. The van der Waals surface area contributed by atoms with Gasteiger partial charge in [0.2, 0.25) is 0 Å². The Labute approximate surface area is 168 Å². The molecule has 142 valence electrons. The molecule has 1 heterocycles. The lowest BCUT2D eigenvalue weighted by molar-refractivity contribution is 0.102. The fourth-order valence-corrected chi connectivity index (χ4v) is 3.61. The standard InChI is InChI=1S/C21H20N4O2S/c1-3-25-20(15(2)27-18-7-5-4-6-8-18)23-24-21(25)28-14-19(26)17-11-9-16(13-22)10-12-17/h4-12,15H,3,14H2,1-2H3/t15-/m0/s1. The summed E-state index contributed by atoms with van der Waals surface area (Å²) in [6, 6.07) is 18.3. The topological polar surface area (TPSA) is 80.8 Å². The van der Waals surface area contributed by atoms with E-state index in [0.717, 1.165) is 11.6 Å². The molecule has 0 bridgehead atoms. The van der Waals surface area contributed by atoms with Gasteiger partial charge in [-0.15, -0.1) is 10.2 Å². The first-order chi connectivity index (χ1) is 13.6. The molecule has 1 aromatic heterocycles. The van der Waals surface area contributed by atoms with E-state index in [1.807, 2.05) is 54.8 Å². The Bertz CT molecular complexity index is 978. The molecule has 0 amide bonds. The molecule has 0 unspecified atom stereocenters. The van der Waals surface area contributed by atoms with Crippen molar-refractivity contribution in [2.24, 2.45) is 0 Å². The quantitative estimate of drug-likeness (QED) is 0.420. The Kier molecular flexibility index (Phi) is 6.45. The smallest absolute Gasteiger partial charge is 0.191 e. The van der Waals surface area contributed by atoms with Crippen LogP contribution in [0.3, 0.4) is 0 Å². The Hall–Kier alpha value is -3.11. The van der Waals surface area contributed by atoms with Crippen LogP contribution in [0.5, 0.6) is 5.75 Å². The van der Waals surface area contributed by atoms with Crippen LogP contribution < -0.4 is 4.74 Å². The highest BCUT2D eigenvalue weighted by atomic mass is 32.2. The van der Waals surface area contributed by atoms with Crippen molar-refractivity contribution in [2.75, 3.05) is 5.75 Å². The van der Waals surface area contributed by atoms with E-state index < -0.39 is 0 Å². The van der Waals surface area contributed by atoms with Gasteiger partial charge in [-0.2, -0.15) is 5.26 Å². The third kappa shape index (κ3) is 4.59. The summed E-state index contributed by atoms with van der Waals surface area (Å²) in [5.74, 6) is 1.72. The Morgan fingerprint density at radius 3 is 2.54 bits per heavy atom. The van der Waals surface area contributed by atoms with Crippen molar-refractivity contribution >= 4 is 17.5 Å². The molecule has 0 saturated heterocycles. The number of para-hydroxylation sites is 1. The first-order valence-corrected chi connectivity index (χ1v) is 9.92. The van der Waals surface area contributed by atoms with Gasteiger partial charge >= 0.3 is 0 Å². The molecule has 2 aromatic carbocycles. The summed E-state index contributed by atoms with van der Waals surface area (Å²) in [4.78, 5) is 12.4. The second-order valence-corrected chi connectivity index (χ2v) is 7.00. The van der Waals surface area contributed by atoms with Gasteiger partial charge < -0.3 is 9.30 Å². The van der Waals surface area contributed by atoms with Crippen molar-refractivity contribution in [1.82, 2.24) is 14.8 Å². The average molecular weight is 392 g/mol. The van der Waals surface area contributed by atoms with Gasteiger partial charge in [0.25, 0.3) is 0 Å². The first-order valence-electron chi connectivity index (χ1n) is 8.93. The highest BCUT2D eigenvalue weighted by Crippen LogP contribution is 2.25. The zero-order valence-corrected chi connectivity index (χ0v) is 16.5. The summed E-state index contributed by atoms with van der Waals surface area (Å²) in [5, 5.41) is 18.1. The third-order valence-electron chi connectivity index (χ3n) is 4.15. The molecule has 3 rings (SSSR count). The van der Waals surface area contributed by atoms with Gasteiger partial charge in [-0.25, -0.2) is 0 Å². The summed E-state index contributed by atoms with van der Waals surface area (Å²) < 4.78 is 7.91. The van der Waals surface area contributed by atoms with E-state index in [0.29, 0.717) is 22.8 Å². The maximum Gasteiger partial charge on any atom is 0.191 e. The molecule has 1 atom stereocenters. The van der Waals surface area contributed by atoms with Crippen molar-refractivity contribution in [2.45, 2.75) is 31.7 Å². The number of nitrogens with zero attached hydrogens (tertiary/aromatic N) is 4. The molecule has 0 N–H and O–H groups in total. The second kappa shape index (κ2) is 9.20. The molecule has 0 aliphatic rings. The lowest BCUT2D eigenvalue weighted by atomic mass is 10.1. The minimum atomic E-state index is -0.265. The summed E-state index contributed by atoms with van der Waals surface area (Å²) in [6.45, 7) is 4.62. The van der Waals surface area contributed by atoms with Crippen molar-refractivity contribution in [3.05, 3.63) is 71.5 Å². The first kappa shape index (κ1) is 19.6. The average Bonchev–Trinajstić information content (AvgIpc) is 3.16. The SMILES string of the molecule is CCn1c(SCC(=O)c2ccc(C#N)cc2)nnc1[C@H](C)Oc1ccccc1. The Morgan fingerprint density at radius 2 is 1.89 bits per heavy atom. The summed E-state index contributed by atoms with van der Waals surface area (Å²) in [7, 11) is 0. The monoisotopic (exact) mass is 392 g/mol. The van der Waals surface area contributed by atoms with E-state index >= 15 is 0 Å². The lowest BCUT2D eigenvalue weighted by Gasteiger charge is -2.15. The van der Waals surface area contributed by atoms with Crippen LogP contribution in [0, 0.1) is 11.3 Å². The summed E-state index contributed by atoms with van der Waals surface area (Å²) >= 11 is 1.35. The number of aromatic nitrogens is 3. The zero-order valence-electron chi connectivity index (χ0n) is 15.7. The molecule has 0 radical (unpaired) electrons. The van der Waals surface area contributed by atoms with E-state index in [4.69, 9.17) is 10.00 Å². The van der Waals surface area contributed by atoms with E-state index in [2.05, 4.69) is 10.2 Å². The van der Waals surface area contributed by atoms with Crippen molar-refractivity contribution in [3.8, 4) is 11.8 Å². The van der Waals surface area contributed by atoms with Gasteiger partial charge in [0.05, 0.1) is 17.4 Å². The second-order valence-electron chi connectivity index (χ2n) is 6.06. The molecule has 0 saturated carbocycles. The minimum absolute atomic E-state index is 0.0183. The minimum Gasteiger partial charge on any atom is -0.483 e. The van der Waals surface area contributed by atoms with Gasteiger partial charge in [0, 0.05) is 12.1 Å². The van der Waals surface area contributed by atoms with E-state index in [1.54, 1.807) is 24.3 Å². The molecule has 3 aromatic rings. The number of rotatable bonds is 8. The number of carbonyl (C=O) groups excluding carboxylic acids is 1. The number of carbonyl (C=O) groups is 1. The fraction of sp³-hybridized carbons (Fsp3) is 0.238. The van der Waals surface area contributed by atoms with Crippen LogP contribution in [0.25, 0.3) is 0 Å². The van der Waals surface area contributed by atoms with Crippen LogP contribution in [0.1, 0.15) is 41.7 Å². The molecule has 7 heteroatoms. The van der Waals surface area contributed by atoms with Gasteiger partial charge in [-0.3, -0.25) is 4.79 Å². The predicted octanol–water partition coefficient (Wildman–Crippen LogP) is 4.28. The normalized spacial score (nSPS) is 11.6. The number of nitriles is 1. The predicted molar refractivity (Wildman–Crippen MR) is 107 cm³/mol. The fourth-order valence-electron chi connectivity index (χ4n) is 2.70. The maximum atomic E-state index is 12.4. The number of hydrogen-bond donors (Lipinski definition) is 0. The lowest BCUT2D eigenvalue weighted by Crippen LogP contribution is -2.12. The van der Waals surface area contributed by atoms with Crippen LogP contribution >= 0.6 is 11.8 Å². The summed E-state index contributed by atoms with van der Waals surface area (Å²) in [5.41, 5.74) is 1.11. The van der Waals surface area contributed by atoms with Gasteiger partial charge in [0.15, 0.2) is 22.9 Å². The highest BCUT2D eigenvalue weighted by molar-refractivity contribution is 7.99. The van der Waals surface area contributed by atoms with Crippen LogP contribution in [0.4, 0.5) is 0 Å². The van der Waals surface area contributed by atoms with Crippen LogP contribution in [0.15, 0.2) is 59.8 Å². The summed E-state index contributed by atoms with van der Waals surface area (Å²) in [6.07, 6.45) is -0.265. The molecule has 28 heavy (non-hydrogen) atoms. The van der Waals surface area contributed by atoms with Crippen molar-refractivity contribution in [3.63, 3.8) is 0 Å². The van der Waals surface area contributed by atoms with E-state index in [9.17, 15) is 4.79 Å². The van der Waals surface area contributed by atoms with Crippen LogP contribution in [0.2, 0.25) is 0 Å². The van der Waals surface area contributed by atoms with Crippen LogP contribution in [-0.4, -0.2) is 26.3 Å². The van der Waals surface area contributed by atoms with Crippen LogP contribution in [-0.2, 0) is 6.54 Å². The zero-order chi connectivity index (χ0) is 19.9. The van der Waals surface area contributed by atoms with E-state index in [1.165, 1.54) is 11.8 Å².